The van der Waals surface area contributed by atoms with Gasteiger partial charge in [0, 0.05) is 0 Å². The van der Waals surface area contributed by atoms with Crippen LogP contribution in [0.2, 0.25) is 0 Å². The highest BCUT2D eigenvalue weighted by molar-refractivity contribution is 7.86. The van der Waals surface area contributed by atoms with E-state index in [0.717, 1.165) is 6.54 Å². The van der Waals surface area contributed by atoms with Crippen LogP contribution < -0.4 is 9.13 Å². The van der Waals surface area contributed by atoms with Gasteiger partial charge >= 0.3 is 11.0 Å². The van der Waals surface area contributed by atoms with Crippen LogP contribution in [0.3, 0.4) is 0 Å². The second-order valence-corrected chi connectivity index (χ2v) is 9.83. The van der Waals surface area contributed by atoms with Crippen molar-refractivity contribution in [3.05, 3.63) is 37.4 Å². The number of alkyl halides is 6. The molecule has 0 unspecified atom stereocenters. The van der Waals surface area contributed by atoms with Gasteiger partial charge in [0.25, 0.3) is 0 Å². The van der Waals surface area contributed by atoms with Gasteiger partial charge in [0.2, 0.25) is 12.7 Å². The molecule has 0 N–H and O–H groups in total. The van der Waals surface area contributed by atoms with E-state index in [-0.39, 0.29) is 0 Å². The average molecular weight is 563 g/mol. The Hall–Kier alpha value is -2.18. The van der Waals surface area contributed by atoms with E-state index >= 15 is 0 Å². The van der Waals surface area contributed by atoms with Gasteiger partial charge in [-0.3, -0.25) is 0 Å². The summed E-state index contributed by atoms with van der Waals surface area (Å²) in [6.07, 6.45) is 15.0. The van der Waals surface area contributed by atoms with E-state index in [1.54, 1.807) is 0 Å². The molecule has 0 amide bonds. The third-order valence-electron chi connectivity index (χ3n) is 3.55. The van der Waals surface area contributed by atoms with Crippen molar-refractivity contribution in [1.29, 1.82) is 0 Å². The Balaban J connectivity index is 0. The molecule has 2 rings (SSSR count). The number of hydrogen-bond donors (Lipinski definition) is 0. The summed E-state index contributed by atoms with van der Waals surface area (Å²) in [6.45, 7) is 7.70. The number of aryl methyl sites for hydroxylation is 3. The molecule has 2 aromatic rings. The first-order valence-electron chi connectivity index (χ1n) is 9.61. The number of aromatic nitrogens is 4. The SMILES string of the molecule is CC(C)n1cc[n+](C)c1.CCCCn1cc[n+](C)c1.O=S(=O)([O-])C(F)(F)F.O=S(=O)([O-])C(F)(F)F. The first-order valence-corrected chi connectivity index (χ1v) is 12.4. The Labute approximate surface area is 199 Å². The molecule has 0 aliphatic rings. The Bertz CT molecular complexity index is 1040. The van der Waals surface area contributed by atoms with Crippen molar-refractivity contribution >= 4 is 20.2 Å². The molecule has 206 valence electrons. The van der Waals surface area contributed by atoms with Gasteiger partial charge in [-0.1, -0.05) is 13.3 Å². The lowest BCUT2D eigenvalue weighted by atomic mass is 10.3. The molecule has 18 heteroatoms. The second-order valence-electron chi connectivity index (χ2n) is 7.09. The molecule has 2 aromatic heterocycles. The molecule has 0 saturated heterocycles. The monoisotopic (exact) mass is 562 g/mol. The number of halogens is 6. The Kier molecular flexibility index (Phi) is 14.4. The quantitative estimate of drug-likeness (QED) is 0.243. The maximum atomic E-state index is 10.7. The molecule has 2 heterocycles. The van der Waals surface area contributed by atoms with Crippen LogP contribution in [-0.4, -0.2) is 46.1 Å². The zero-order valence-electron chi connectivity index (χ0n) is 19.5. The van der Waals surface area contributed by atoms with E-state index in [1.165, 1.54) is 12.8 Å². The van der Waals surface area contributed by atoms with Gasteiger partial charge < -0.3 is 9.11 Å². The van der Waals surface area contributed by atoms with Crippen molar-refractivity contribution in [2.75, 3.05) is 0 Å². The van der Waals surface area contributed by atoms with E-state index in [2.05, 4.69) is 65.7 Å². The fourth-order valence-corrected chi connectivity index (χ4v) is 1.75. The molecular weight excluding hydrogens is 534 g/mol. The van der Waals surface area contributed by atoms with Crippen molar-refractivity contribution in [3.63, 3.8) is 0 Å². The first-order chi connectivity index (χ1) is 15.5. The van der Waals surface area contributed by atoms with Gasteiger partial charge in [0.1, 0.15) is 24.8 Å². The molecule has 0 aliphatic heterocycles. The minimum absolute atomic E-state index is 0.575. The van der Waals surface area contributed by atoms with Crippen LogP contribution in [0.5, 0.6) is 0 Å². The van der Waals surface area contributed by atoms with Gasteiger partial charge in [-0.15, -0.1) is 0 Å². The van der Waals surface area contributed by atoms with E-state index in [9.17, 15) is 26.3 Å². The van der Waals surface area contributed by atoms with E-state index in [1.807, 2.05) is 24.9 Å². The van der Waals surface area contributed by atoms with Gasteiger partial charge in [-0.25, -0.2) is 35.1 Å². The van der Waals surface area contributed by atoms with Crippen LogP contribution in [0.15, 0.2) is 37.4 Å². The molecule has 0 atom stereocenters. The maximum absolute atomic E-state index is 10.7. The molecule has 0 spiro atoms. The van der Waals surface area contributed by atoms with Crippen LogP contribution in [0.25, 0.3) is 0 Å². The van der Waals surface area contributed by atoms with Gasteiger partial charge in [-0.05, 0) is 20.3 Å². The predicted octanol–water partition coefficient (Wildman–Crippen LogP) is 2.11. The van der Waals surface area contributed by atoms with Crippen molar-refractivity contribution in [1.82, 2.24) is 9.13 Å². The lowest BCUT2D eigenvalue weighted by Crippen LogP contribution is -2.23. The van der Waals surface area contributed by atoms with E-state index < -0.39 is 31.3 Å². The van der Waals surface area contributed by atoms with Crippen LogP contribution >= 0.6 is 0 Å². The van der Waals surface area contributed by atoms with Crippen molar-refractivity contribution in [3.8, 4) is 0 Å². The summed E-state index contributed by atoms with van der Waals surface area (Å²) in [4.78, 5) is 0. The molecule has 0 aliphatic carbocycles. The van der Waals surface area contributed by atoms with Crippen molar-refractivity contribution in [2.45, 2.75) is 57.2 Å². The summed E-state index contributed by atoms with van der Waals surface area (Å²) in [6, 6.07) is 0.575. The van der Waals surface area contributed by atoms with Crippen LogP contribution in [-0.2, 0) is 40.9 Å². The van der Waals surface area contributed by atoms with E-state index in [0.29, 0.717) is 6.04 Å². The summed E-state index contributed by atoms with van der Waals surface area (Å²) in [5, 5.41) is 0. The van der Waals surface area contributed by atoms with Crippen LogP contribution in [0, 0.1) is 0 Å². The first kappa shape index (κ1) is 35.0. The van der Waals surface area contributed by atoms with Gasteiger partial charge in [0.05, 0.1) is 26.7 Å². The molecule has 0 radical (unpaired) electrons. The fraction of sp³-hybridized carbons (Fsp3) is 0.647. The van der Waals surface area contributed by atoms with E-state index in [4.69, 9.17) is 25.9 Å². The second kappa shape index (κ2) is 14.4. The van der Waals surface area contributed by atoms with Gasteiger partial charge in [0.15, 0.2) is 20.2 Å². The molecule has 10 nitrogen and oxygen atoms in total. The number of unbranched alkanes of at least 4 members (excludes halogenated alkanes) is 1. The Morgan fingerprint density at radius 3 is 1.40 bits per heavy atom. The highest BCUT2D eigenvalue weighted by Crippen LogP contribution is 2.21. The predicted molar refractivity (Wildman–Crippen MR) is 108 cm³/mol. The summed E-state index contributed by atoms with van der Waals surface area (Å²) in [5.41, 5.74) is -11.3. The topological polar surface area (TPSA) is 132 Å². The molecule has 0 fully saturated rings. The molecule has 0 aromatic carbocycles. The minimum atomic E-state index is -6.09. The summed E-state index contributed by atoms with van der Waals surface area (Å²) >= 11 is 0. The lowest BCUT2D eigenvalue weighted by Gasteiger charge is -2.08. The zero-order chi connectivity index (χ0) is 28.3. The molecule has 0 bridgehead atoms. The molecular formula is C17H28F6N4O6S2. The Morgan fingerprint density at radius 2 is 1.20 bits per heavy atom. The van der Waals surface area contributed by atoms with Gasteiger partial charge in [-0.2, -0.15) is 26.3 Å². The largest absolute Gasteiger partial charge is 0.741 e. The number of imidazole rings is 2. The zero-order valence-corrected chi connectivity index (χ0v) is 21.1. The van der Waals surface area contributed by atoms with Crippen molar-refractivity contribution in [2.24, 2.45) is 14.1 Å². The number of rotatable bonds is 4. The van der Waals surface area contributed by atoms with Crippen LogP contribution in [0.1, 0.15) is 39.7 Å². The maximum Gasteiger partial charge on any atom is 0.485 e. The Morgan fingerprint density at radius 1 is 0.829 bits per heavy atom. The summed E-state index contributed by atoms with van der Waals surface area (Å²) in [7, 11) is -8.11. The third-order valence-corrected chi connectivity index (χ3v) is 4.68. The highest BCUT2D eigenvalue weighted by atomic mass is 32.2. The minimum Gasteiger partial charge on any atom is -0.741 e. The normalized spacial score (nSPS) is 12.1. The van der Waals surface area contributed by atoms with Crippen molar-refractivity contribution < 1.29 is 61.4 Å². The molecule has 35 heavy (non-hydrogen) atoms. The lowest BCUT2D eigenvalue weighted by molar-refractivity contribution is -0.671. The third kappa shape index (κ3) is 16.2. The fourth-order valence-electron chi connectivity index (χ4n) is 1.75. The van der Waals surface area contributed by atoms with Crippen LogP contribution in [0.4, 0.5) is 26.3 Å². The number of nitrogens with zero attached hydrogens (tertiary/aromatic N) is 4. The smallest absolute Gasteiger partial charge is 0.485 e. The summed E-state index contributed by atoms with van der Waals surface area (Å²) in [5.74, 6) is 0. The summed E-state index contributed by atoms with van der Waals surface area (Å²) < 4.78 is 126. The molecule has 0 saturated carbocycles. The average Bonchev–Trinajstić information content (AvgIpc) is 3.26. The highest BCUT2D eigenvalue weighted by Gasteiger charge is 2.37. The number of hydrogen-bond acceptors (Lipinski definition) is 6. The standard InChI is InChI=1S/C8H15N2.C7H13N2.2CHF3O3S/c1-3-4-5-10-7-6-9(2)8-10;1-7(2)9-5-4-8(3)6-9;2*2-1(3,4)8(5,6)7/h6-8H,3-5H2,1-2H3;4-7H,1-3H3;2*(H,5,6,7)/q2*+1;;/p-2.